The molecule has 1 amide bonds. The zero-order valence-corrected chi connectivity index (χ0v) is 13.5. The molecule has 1 fully saturated rings. The van der Waals surface area contributed by atoms with Gasteiger partial charge in [0.15, 0.2) is 5.41 Å². The number of nitriles is 2. The van der Waals surface area contributed by atoms with Gasteiger partial charge in [0.25, 0.3) is 5.91 Å². The first-order chi connectivity index (χ1) is 12.1. The van der Waals surface area contributed by atoms with Gasteiger partial charge in [0, 0.05) is 5.92 Å². The lowest BCUT2D eigenvalue weighted by Gasteiger charge is -2.14. The minimum atomic E-state index is -1.43. The van der Waals surface area contributed by atoms with E-state index in [1.807, 2.05) is 48.5 Å². The van der Waals surface area contributed by atoms with Crippen LogP contribution in [0.25, 0.3) is 0 Å². The van der Waals surface area contributed by atoms with Crippen LogP contribution in [0.2, 0.25) is 0 Å². The number of carbonyl (C=O) groups excluding carboxylic acids is 1. The Hall–Kier alpha value is -3.44. The Kier molecular flexibility index (Phi) is 3.04. The highest BCUT2D eigenvalue weighted by Gasteiger charge is 2.87. The van der Waals surface area contributed by atoms with Crippen molar-refractivity contribution < 1.29 is 4.79 Å². The first-order valence-corrected chi connectivity index (χ1v) is 7.96. The Balaban J connectivity index is 1.87. The summed E-state index contributed by atoms with van der Waals surface area (Å²) < 4.78 is 0. The molecular formula is C20H14N4O. The van der Waals surface area contributed by atoms with Gasteiger partial charge in [-0.15, -0.1) is 0 Å². The molecule has 120 valence electrons. The molecule has 0 N–H and O–H groups in total. The Morgan fingerprint density at radius 3 is 2.12 bits per heavy atom. The van der Waals surface area contributed by atoms with Crippen LogP contribution in [-0.4, -0.2) is 11.6 Å². The molecule has 1 aliphatic heterocycles. The predicted molar refractivity (Wildman–Crippen MR) is 92.3 cm³/mol. The smallest absolute Gasteiger partial charge is 0.262 e. The number of hydrogen-bond donors (Lipinski definition) is 0. The molecule has 0 saturated heterocycles. The van der Waals surface area contributed by atoms with Crippen LogP contribution in [0.3, 0.4) is 0 Å². The van der Waals surface area contributed by atoms with Crippen molar-refractivity contribution in [1.29, 1.82) is 10.5 Å². The first kappa shape index (κ1) is 15.1. The molecule has 5 heteroatoms. The van der Waals surface area contributed by atoms with Crippen LogP contribution in [0, 0.1) is 33.5 Å². The molecule has 2 aliphatic rings. The average Bonchev–Trinajstić information content (AvgIpc) is 3.22. The van der Waals surface area contributed by atoms with Crippen molar-refractivity contribution in [2.45, 2.75) is 12.8 Å². The number of hydrazone groups is 1. The van der Waals surface area contributed by atoms with Crippen molar-refractivity contribution in [3.8, 4) is 12.1 Å². The summed E-state index contributed by atoms with van der Waals surface area (Å²) in [5.74, 6) is -0.825. The van der Waals surface area contributed by atoms with Crippen LogP contribution in [0.1, 0.15) is 18.4 Å². The van der Waals surface area contributed by atoms with E-state index in [2.05, 4.69) is 17.2 Å². The fourth-order valence-electron chi connectivity index (χ4n) is 4.08. The van der Waals surface area contributed by atoms with Gasteiger partial charge < -0.3 is 0 Å². The van der Waals surface area contributed by atoms with Gasteiger partial charge in [-0.1, -0.05) is 48.5 Å². The highest BCUT2D eigenvalue weighted by molar-refractivity contribution is 6.24. The van der Waals surface area contributed by atoms with Crippen LogP contribution < -0.4 is 5.01 Å². The maximum atomic E-state index is 13.3. The van der Waals surface area contributed by atoms with Crippen molar-refractivity contribution in [1.82, 2.24) is 0 Å². The largest absolute Gasteiger partial charge is 0.271 e. The number of rotatable bonds is 2. The SMILES string of the molecule is CC1=NN(c2ccccc2)C(=O)[C@]12[C@@H](c1ccccc1)C2(C#N)C#N. The van der Waals surface area contributed by atoms with Gasteiger partial charge in [-0.25, -0.2) is 0 Å². The van der Waals surface area contributed by atoms with Gasteiger partial charge in [0.05, 0.1) is 23.5 Å². The number of para-hydroxylation sites is 1. The number of anilines is 1. The molecule has 1 saturated carbocycles. The van der Waals surface area contributed by atoms with Gasteiger partial charge in [-0.05, 0) is 24.6 Å². The second-order valence-corrected chi connectivity index (χ2v) is 6.32. The van der Waals surface area contributed by atoms with Crippen LogP contribution in [0.4, 0.5) is 5.69 Å². The number of carbonyl (C=O) groups is 1. The number of amides is 1. The summed E-state index contributed by atoms with van der Waals surface area (Å²) in [6.07, 6.45) is 0. The molecule has 0 aromatic heterocycles. The number of hydrogen-bond acceptors (Lipinski definition) is 4. The Bertz CT molecular complexity index is 954. The molecule has 0 unspecified atom stereocenters. The van der Waals surface area contributed by atoms with E-state index >= 15 is 0 Å². The summed E-state index contributed by atoms with van der Waals surface area (Å²) >= 11 is 0. The highest BCUT2D eigenvalue weighted by atomic mass is 16.2. The zero-order valence-electron chi connectivity index (χ0n) is 13.5. The van der Waals surface area contributed by atoms with Gasteiger partial charge in [-0.2, -0.15) is 20.6 Å². The minimum Gasteiger partial charge on any atom is -0.271 e. The van der Waals surface area contributed by atoms with E-state index in [9.17, 15) is 15.3 Å². The molecular weight excluding hydrogens is 312 g/mol. The Labute approximate surface area is 145 Å². The average molecular weight is 326 g/mol. The molecule has 2 atom stereocenters. The topological polar surface area (TPSA) is 80.2 Å². The van der Waals surface area contributed by atoms with Crippen molar-refractivity contribution >= 4 is 17.3 Å². The Morgan fingerprint density at radius 2 is 1.56 bits per heavy atom. The van der Waals surface area contributed by atoms with Crippen LogP contribution in [0.5, 0.6) is 0 Å². The standard InChI is InChI=1S/C20H14N4O/c1-14-20(18(25)24(23-14)16-10-6-3-7-11-16)17(19(20,12-21)13-22)15-8-4-2-5-9-15/h2-11,17H,1H3/t17-,20+/m0/s1. The van der Waals surface area contributed by atoms with Crippen LogP contribution >= 0.6 is 0 Å². The summed E-state index contributed by atoms with van der Waals surface area (Å²) in [6.45, 7) is 1.73. The molecule has 2 aromatic rings. The molecule has 1 spiro atoms. The maximum Gasteiger partial charge on any atom is 0.262 e. The lowest BCUT2D eigenvalue weighted by atomic mass is 9.90. The fourth-order valence-corrected chi connectivity index (χ4v) is 4.08. The monoisotopic (exact) mass is 326 g/mol. The predicted octanol–water partition coefficient (Wildman–Crippen LogP) is 3.23. The van der Waals surface area contributed by atoms with E-state index in [0.29, 0.717) is 11.4 Å². The van der Waals surface area contributed by atoms with Gasteiger partial charge >= 0.3 is 0 Å². The third kappa shape index (κ3) is 1.65. The Morgan fingerprint density at radius 1 is 1.00 bits per heavy atom. The third-order valence-corrected chi connectivity index (χ3v) is 5.24. The summed E-state index contributed by atoms with van der Waals surface area (Å²) in [6, 6.07) is 22.6. The van der Waals surface area contributed by atoms with Crippen molar-refractivity contribution in [2.75, 3.05) is 5.01 Å². The third-order valence-electron chi connectivity index (χ3n) is 5.24. The summed E-state index contributed by atoms with van der Waals surface area (Å²) in [4.78, 5) is 13.3. The normalized spacial score (nSPS) is 26.0. The van der Waals surface area contributed by atoms with E-state index in [1.165, 1.54) is 5.01 Å². The van der Waals surface area contributed by atoms with Gasteiger partial charge in [0.1, 0.15) is 5.41 Å². The number of nitrogens with zero attached hydrogens (tertiary/aromatic N) is 4. The molecule has 4 rings (SSSR count). The van der Waals surface area contributed by atoms with Gasteiger partial charge in [0.2, 0.25) is 0 Å². The second-order valence-electron chi connectivity index (χ2n) is 6.32. The molecule has 0 radical (unpaired) electrons. The highest BCUT2D eigenvalue weighted by Crippen LogP contribution is 2.76. The van der Waals surface area contributed by atoms with Crippen molar-refractivity contribution in [2.24, 2.45) is 15.9 Å². The van der Waals surface area contributed by atoms with Crippen LogP contribution in [-0.2, 0) is 4.79 Å². The maximum absolute atomic E-state index is 13.3. The van der Waals surface area contributed by atoms with E-state index in [-0.39, 0.29) is 5.91 Å². The zero-order chi connectivity index (χ0) is 17.7. The fraction of sp³-hybridized carbons (Fsp3) is 0.200. The lowest BCUT2D eigenvalue weighted by molar-refractivity contribution is -0.121. The van der Waals surface area contributed by atoms with E-state index in [0.717, 1.165) is 5.56 Å². The number of benzene rings is 2. The molecule has 1 aliphatic carbocycles. The molecule has 0 bridgehead atoms. The quantitative estimate of drug-likeness (QED) is 0.849. The van der Waals surface area contributed by atoms with Gasteiger partial charge in [-0.3, -0.25) is 4.79 Å². The minimum absolute atomic E-state index is 0.312. The molecule has 2 aromatic carbocycles. The van der Waals surface area contributed by atoms with E-state index in [4.69, 9.17) is 0 Å². The van der Waals surface area contributed by atoms with Crippen LogP contribution in [0.15, 0.2) is 65.8 Å². The van der Waals surface area contributed by atoms with Crippen molar-refractivity contribution in [3.05, 3.63) is 66.2 Å². The lowest BCUT2D eigenvalue weighted by Crippen LogP contribution is -2.32. The molecule has 5 nitrogen and oxygen atoms in total. The summed E-state index contributed by atoms with van der Waals surface area (Å²) in [5.41, 5.74) is -0.690. The van der Waals surface area contributed by atoms with E-state index < -0.39 is 16.7 Å². The van der Waals surface area contributed by atoms with Crippen molar-refractivity contribution in [3.63, 3.8) is 0 Å². The summed E-state index contributed by atoms with van der Waals surface area (Å²) in [5, 5.41) is 25.4. The second kappa shape index (κ2) is 5.03. The molecule has 25 heavy (non-hydrogen) atoms. The summed E-state index contributed by atoms with van der Waals surface area (Å²) in [7, 11) is 0. The molecule has 1 heterocycles. The van der Waals surface area contributed by atoms with E-state index in [1.54, 1.807) is 19.1 Å². The first-order valence-electron chi connectivity index (χ1n) is 7.96.